The Hall–Kier alpha value is -3.67. The number of esters is 3. The highest BCUT2D eigenvalue weighted by atomic mass is 16.6. The first-order valence-corrected chi connectivity index (χ1v) is 28.3. The lowest BCUT2D eigenvalue weighted by Crippen LogP contribution is -2.30. The number of hydrogen-bond donors (Lipinski definition) is 0. The number of allylic oxidation sites excluding steroid dienone is 16. The zero-order valence-corrected chi connectivity index (χ0v) is 44.3. The lowest BCUT2D eigenvalue weighted by atomic mass is 10.0. The van der Waals surface area contributed by atoms with Gasteiger partial charge in [-0.05, 0) is 83.5 Å². The molecule has 1 unspecified atom stereocenters. The number of carbonyl (C=O) groups excluding carboxylic acids is 3. The molecule has 0 N–H and O–H groups in total. The summed E-state index contributed by atoms with van der Waals surface area (Å²) < 4.78 is 16.8. The highest BCUT2D eigenvalue weighted by Gasteiger charge is 2.19. The third-order valence-electron chi connectivity index (χ3n) is 11.9. The highest BCUT2D eigenvalue weighted by molar-refractivity contribution is 5.71. The molecule has 0 heterocycles. The molecule has 0 spiro atoms. The van der Waals surface area contributed by atoms with Crippen molar-refractivity contribution in [2.45, 2.75) is 264 Å². The molecule has 6 nitrogen and oxygen atoms in total. The van der Waals surface area contributed by atoms with Crippen molar-refractivity contribution < 1.29 is 28.6 Å². The van der Waals surface area contributed by atoms with E-state index in [-0.39, 0.29) is 31.1 Å². The van der Waals surface area contributed by atoms with Gasteiger partial charge in [-0.1, -0.05) is 253 Å². The molecule has 0 aliphatic heterocycles. The first-order chi connectivity index (χ1) is 33.5. The fourth-order valence-electron chi connectivity index (χ4n) is 7.70. The Balaban J connectivity index is 4.44. The van der Waals surface area contributed by atoms with E-state index in [2.05, 4.69) is 118 Å². The van der Waals surface area contributed by atoms with Crippen molar-refractivity contribution in [3.8, 4) is 0 Å². The number of unbranched alkanes of at least 4 members (excludes halogenated alkanes) is 25. The van der Waals surface area contributed by atoms with Crippen LogP contribution in [0.25, 0.3) is 0 Å². The van der Waals surface area contributed by atoms with Gasteiger partial charge in [0.05, 0.1) is 0 Å². The Labute approximate surface area is 419 Å². The van der Waals surface area contributed by atoms with Crippen LogP contribution in [0.15, 0.2) is 97.2 Å². The summed E-state index contributed by atoms with van der Waals surface area (Å²) in [6.45, 7) is 6.36. The largest absolute Gasteiger partial charge is 0.462 e. The number of ether oxygens (including phenoxy) is 3. The molecule has 0 bridgehead atoms. The second kappa shape index (κ2) is 55.9. The second-order valence-electron chi connectivity index (χ2n) is 18.5. The van der Waals surface area contributed by atoms with E-state index in [4.69, 9.17) is 14.2 Å². The first-order valence-electron chi connectivity index (χ1n) is 28.3. The van der Waals surface area contributed by atoms with Gasteiger partial charge in [0.2, 0.25) is 0 Å². The van der Waals surface area contributed by atoms with Crippen LogP contribution in [0.2, 0.25) is 0 Å². The van der Waals surface area contributed by atoms with E-state index in [9.17, 15) is 14.4 Å². The minimum atomic E-state index is -0.799. The maximum atomic E-state index is 12.9. The first kappa shape index (κ1) is 64.3. The van der Waals surface area contributed by atoms with Gasteiger partial charge in [0.1, 0.15) is 13.2 Å². The van der Waals surface area contributed by atoms with Crippen molar-refractivity contribution in [2.24, 2.45) is 0 Å². The van der Waals surface area contributed by atoms with Crippen LogP contribution in [-0.2, 0) is 28.6 Å². The Bertz CT molecular complexity index is 1360. The number of rotatable bonds is 50. The predicted molar refractivity (Wildman–Crippen MR) is 293 cm³/mol. The van der Waals surface area contributed by atoms with Crippen LogP contribution in [0.5, 0.6) is 0 Å². The molecule has 6 heteroatoms. The average molecular weight is 946 g/mol. The molecule has 0 aromatic rings. The molecule has 0 saturated carbocycles. The molecule has 0 aliphatic carbocycles. The molecule has 68 heavy (non-hydrogen) atoms. The van der Waals surface area contributed by atoms with Crippen LogP contribution in [0.3, 0.4) is 0 Å². The summed E-state index contributed by atoms with van der Waals surface area (Å²) >= 11 is 0. The fourth-order valence-corrected chi connectivity index (χ4v) is 7.70. The topological polar surface area (TPSA) is 78.9 Å². The van der Waals surface area contributed by atoms with Gasteiger partial charge in [0.25, 0.3) is 0 Å². The van der Waals surface area contributed by atoms with Gasteiger partial charge < -0.3 is 14.2 Å². The summed E-state index contributed by atoms with van der Waals surface area (Å²) in [6.07, 6.45) is 74.0. The van der Waals surface area contributed by atoms with E-state index in [0.29, 0.717) is 19.3 Å². The molecule has 0 aromatic carbocycles. The van der Waals surface area contributed by atoms with Gasteiger partial charge in [-0.2, -0.15) is 0 Å². The van der Waals surface area contributed by atoms with Crippen molar-refractivity contribution in [1.29, 1.82) is 0 Å². The monoisotopic (exact) mass is 945 g/mol. The van der Waals surface area contributed by atoms with Crippen LogP contribution in [0.1, 0.15) is 258 Å². The van der Waals surface area contributed by atoms with Crippen LogP contribution < -0.4 is 0 Å². The molecule has 388 valence electrons. The summed E-state index contributed by atoms with van der Waals surface area (Å²) in [4.78, 5) is 38.1. The summed E-state index contributed by atoms with van der Waals surface area (Å²) in [5.74, 6) is -0.945. The second-order valence-corrected chi connectivity index (χ2v) is 18.5. The molecule has 0 saturated heterocycles. The normalized spacial score (nSPS) is 12.8. The lowest BCUT2D eigenvalue weighted by Gasteiger charge is -2.18. The summed E-state index contributed by atoms with van der Waals surface area (Å²) in [5.41, 5.74) is 0. The van der Waals surface area contributed by atoms with Crippen molar-refractivity contribution >= 4 is 17.9 Å². The van der Waals surface area contributed by atoms with Gasteiger partial charge in [-0.15, -0.1) is 0 Å². The van der Waals surface area contributed by atoms with E-state index in [1.54, 1.807) is 0 Å². The van der Waals surface area contributed by atoms with Gasteiger partial charge in [-0.3, -0.25) is 14.4 Å². The molecule has 0 fully saturated rings. The van der Waals surface area contributed by atoms with Crippen LogP contribution >= 0.6 is 0 Å². The molecule has 0 rings (SSSR count). The summed E-state index contributed by atoms with van der Waals surface area (Å²) in [6, 6.07) is 0. The molecule has 0 aliphatic rings. The zero-order valence-electron chi connectivity index (χ0n) is 44.3. The van der Waals surface area contributed by atoms with E-state index in [1.165, 1.54) is 96.3 Å². The lowest BCUT2D eigenvalue weighted by molar-refractivity contribution is -0.167. The quantitative estimate of drug-likeness (QED) is 0.0199. The third-order valence-corrected chi connectivity index (χ3v) is 11.9. The molecular weight excluding hydrogens is 841 g/mol. The number of hydrogen-bond acceptors (Lipinski definition) is 6. The molecule has 0 radical (unpaired) electrons. The Morgan fingerprint density at radius 1 is 0.324 bits per heavy atom. The standard InChI is InChI=1S/C62H104O6/c1-4-7-10-13-16-19-22-25-27-29-31-33-34-37-40-43-46-49-52-55-61(64)67-58-59(57-66-60(63)54-51-48-45-42-39-36-24-21-18-15-12-9-6-3)68-62(65)56-53-50-47-44-41-38-35-32-30-28-26-23-20-17-14-11-8-5-2/h7,9-10,12,15-16,18-19,21,24-25,27,31,33,37,40,59H,4-6,8,11,13-14,17,20,22-23,26,28-30,32,34-36,38-39,41-58H2,1-3H3/b10-7-,12-9-,18-15-,19-16-,24-21-,27-25-,33-31-,40-37-. The Morgan fingerprint density at radius 3 is 1.07 bits per heavy atom. The average Bonchev–Trinajstić information content (AvgIpc) is 3.34. The fraction of sp³-hybridized carbons (Fsp3) is 0.694. The Kier molecular flexibility index (Phi) is 52.9. The van der Waals surface area contributed by atoms with Crippen LogP contribution in [0.4, 0.5) is 0 Å². The van der Waals surface area contributed by atoms with Gasteiger partial charge in [-0.25, -0.2) is 0 Å². The van der Waals surface area contributed by atoms with E-state index < -0.39 is 6.10 Å². The van der Waals surface area contributed by atoms with Crippen LogP contribution in [0, 0.1) is 0 Å². The zero-order chi connectivity index (χ0) is 49.3. The SMILES string of the molecule is CC\C=C/C=C\C=C/CCCCCCCC(=O)OCC(COC(=O)CCCCC/C=C\C/C=C\C/C=C\C/C=C\C/C=C\CC)OC(=O)CCCCCCCCCCCCCCCCCCCC. The minimum absolute atomic E-state index is 0.0980. The maximum absolute atomic E-state index is 12.9. The van der Waals surface area contributed by atoms with Crippen molar-refractivity contribution in [3.63, 3.8) is 0 Å². The van der Waals surface area contributed by atoms with Gasteiger partial charge in [0, 0.05) is 19.3 Å². The maximum Gasteiger partial charge on any atom is 0.306 e. The molecular formula is C62H104O6. The highest BCUT2D eigenvalue weighted by Crippen LogP contribution is 2.16. The van der Waals surface area contributed by atoms with E-state index in [1.807, 2.05) is 0 Å². The van der Waals surface area contributed by atoms with Crippen molar-refractivity contribution in [1.82, 2.24) is 0 Å². The van der Waals surface area contributed by atoms with E-state index >= 15 is 0 Å². The molecule has 1 atom stereocenters. The summed E-state index contributed by atoms with van der Waals surface area (Å²) in [7, 11) is 0. The third kappa shape index (κ3) is 53.3. The Morgan fingerprint density at radius 2 is 0.647 bits per heavy atom. The van der Waals surface area contributed by atoms with Crippen LogP contribution in [-0.4, -0.2) is 37.2 Å². The van der Waals surface area contributed by atoms with Gasteiger partial charge >= 0.3 is 17.9 Å². The van der Waals surface area contributed by atoms with Crippen molar-refractivity contribution in [3.05, 3.63) is 97.2 Å². The number of carbonyl (C=O) groups is 3. The van der Waals surface area contributed by atoms with Gasteiger partial charge in [0.15, 0.2) is 6.10 Å². The van der Waals surface area contributed by atoms with E-state index in [0.717, 1.165) is 122 Å². The van der Waals surface area contributed by atoms with Crippen molar-refractivity contribution in [2.75, 3.05) is 13.2 Å². The molecule has 0 amide bonds. The predicted octanol–water partition coefficient (Wildman–Crippen LogP) is 18.9. The summed E-state index contributed by atoms with van der Waals surface area (Å²) in [5, 5.41) is 0. The smallest absolute Gasteiger partial charge is 0.306 e. The minimum Gasteiger partial charge on any atom is -0.462 e. The molecule has 0 aromatic heterocycles.